The van der Waals surface area contributed by atoms with Gasteiger partial charge in [0, 0.05) is 12.6 Å². The fraction of sp³-hybridized carbons (Fsp3) is 0.571. The average Bonchev–Trinajstić information content (AvgIpc) is 3.03. The van der Waals surface area contributed by atoms with Gasteiger partial charge in [0.25, 0.3) is 5.91 Å². The molecule has 3 unspecified atom stereocenters. The van der Waals surface area contributed by atoms with Crippen LogP contribution in [0.4, 0.5) is 0 Å². The number of nitrogens with one attached hydrogen (secondary N) is 1. The van der Waals surface area contributed by atoms with E-state index in [0.717, 1.165) is 10.2 Å². The van der Waals surface area contributed by atoms with Crippen LogP contribution in [0.15, 0.2) is 15.9 Å². The van der Waals surface area contributed by atoms with Crippen molar-refractivity contribution in [3.05, 3.63) is 20.8 Å². The van der Waals surface area contributed by atoms with Crippen LogP contribution in [0.2, 0.25) is 0 Å². The highest BCUT2D eigenvalue weighted by atomic mass is 79.9. The number of halogens is 1. The van der Waals surface area contributed by atoms with Crippen molar-refractivity contribution in [2.75, 3.05) is 13.1 Å². The van der Waals surface area contributed by atoms with Gasteiger partial charge in [0.15, 0.2) is 0 Å². The molecule has 116 valence electrons. The van der Waals surface area contributed by atoms with Gasteiger partial charge in [0.1, 0.15) is 6.04 Å². The predicted molar refractivity (Wildman–Crippen MR) is 87.3 cm³/mol. The first kappa shape index (κ1) is 16.5. The fourth-order valence-corrected chi connectivity index (χ4v) is 3.92. The minimum absolute atomic E-state index is 0.0394. The molecule has 1 saturated heterocycles. The molecule has 1 aliphatic heterocycles. The second kappa shape index (κ2) is 6.89. The number of amides is 2. The van der Waals surface area contributed by atoms with E-state index in [1.54, 1.807) is 13.0 Å². The van der Waals surface area contributed by atoms with Gasteiger partial charge in [-0.3, -0.25) is 9.59 Å². The summed E-state index contributed by atoms with van der Waals surface area (Å²) in [5.74, 6) is 0.108. The molecule has 7 heteroatoms. The second-order valence-corrected chi connectivity index (χ2v) is 7.94. The van der Waals surface area contributed by atoms with Gasteiger partial charge < -0.3 is 16.0 Å². The minimum atomic E-state index is -0.530. The fourth-order valence-electron chi connectivity index (χ4n) is 2.63. The molecule has 3 N–H and O–H groups in total. The normalized spacial score (nSPS) is 23.1. The van der Waals surface area contributed by atoms with Crippen LogP contribution in [0, 0.1) is 5.92 Å². The van der Waals surface area contributed by atoms with E-state index in [2.05, 4.69) is 21.2 Å². The molecule has 0 saturated carbocycles. The minimum Gasteiger partial charge on any atom is -0.340 e. The Morgan fingerprint density at radius 2 is 2.29 bits per heavy atom. The van der Waals surface area contributed by atoms with Crippen molar-refractivity contribution in [3.63, 3.8) is 0 Å². The molecule has 0 radical (unpaired) electrons. The smallest absolute Gasteiger partial charge is 0.262 e. The maximum Gasteiger partial charge on any atom is 0.262 e. The predicted octanol–water partition coefficient (Wildman–Crippen LogP) is 1.82. The first-order chi connectivity index (χ1) is 9.92. The Morgan fingerprint density at radius 3 is 2.81 bits per heavy atom. The van der Waals surface area contributed by atoms with Crippen molar-refractivity contribution < 1.29 is 9.59 Å². The number of carbonyl (C=O) groups excluding carboxylic acids is 2. The number of carbonyl (C=O) groups is 2. The Kier molecular flexibility index (Phi) is 5.40. The van der Waals surface area contributed by atoms with Crippen molar-refractivity contribution in [1.82, 2.24) is 10.2 Å². The highest BCUT2D eigenvalue weighted by molar-refractivity contribution is 9.11. The molecule has 2 heterocycles. The van der Waals surface area contributed by atoms with Crippen LogP contribution in [-0.2, 0) is 4.79 Å². The van der Waals surface area contributed by atoms with E-state index in [0.29, 0.717) is 23.9 Å². The largest absolute Gasteiger partial charge is 0.340 e. The van der Waals surface area contributed by atoms with Crippen LogP contribution in [0.3, 0.4) is 0 Å². The molecule has 21 heavy (non-hydrogen) atoms. The average molecular weight is 374 g/mol. The third-order valence-electron chi connectivity index (χ3n) is 3.79. The van der Waals surface area contributed by atoms with Gasteiger partial charge in [-0.2, -0.15) is 0 Å². The Bertz CT molecular complexity index is 534. The lowest BCUT2D eigenvalue weighted by molar-refractivity contribution is -0.133. The van der Waals surface area contributed by atoms with Gasteiger partial charge >= 0.3 is 0 Å². The lowest BCUT2D eigenvalue weighted by atomic mass is 10.1. The first-order valence-electron chi connectivity index (χ1n) is 6.99. The van der Waals surface area contributed by atoms with Gasteiger partial charge in [-0.15, -0.1) is 11.3 Å². The monoisotopic (exact) mass is 373 g/mol. The molecule has 2 amide bonds. The quantitative estimate of drug-likeness (QED) is 0.844. The summed E-state index contributed by atoms with van der Waals surface area (Å²) in [6.45, 7) is 5.03. The summed E-state index contributed by atoms with van der Waals surface area (Å²) >= 11 is 4.67. The maximum atomic E-state index is 12.5. The highest BCUT2D eigenvalue weighted by Gasteiger charge is 2.34. The van der Waals surface area contributed by atoms with Crippen molar-refractivity contribution in [2.24, 2.45) is 11.7 Å². The number of thiophene rings is 1. The molecule has 0 aromatic carbocycles. The van der Waals surface area contributed by atoms with Crippen LogP contribution in [0.1, 0.15) is 29.9 Å². The molecule has 1 aliphatic rings. The Morgan fingerprint density at radius 1 is 1.57 bits per heavy atom. The summed E-state index contributed by atoms with van der Waals surface area (Å²) in [6, 6.07) is 3.21. The van der Waals surface area contributed by atoms with Gasteiger partial charge in [0.2, 0.25) is 5.91 Å². The van der Waals surface area contributed by atoms with Gasteiger partial charge in [-0.05, 0) is 60.8 Å². The van der Waals surface area contributed by atoms with E-state index in [9.17, 15) is 9.59 Å². The summed E-state index contributed by atoms with van der Waals surface area (Å²) < 4.78 is 0.894. The zero-order chi connectivity index (χ0) is 15.6. The highest BCUT2D eigenvalue weighted by Crippen LogP contribution is 2.24. The summed E-state index contributed by atoms with van der Waals surface area (Å²) in [6.07, 6.45) is 0.931. The maximum absolute atomic E-state index is 12.5. The van der Waals surface area contributed by atoms with Crippen molar-refractivity contribution in [2.45, 2.75) is 32.4 Å². The van der Waals surface area contributed by atoms with Crippen LogP contribution < -0.4 is 11.1 Å². The van der Waals surface area contributed by atoms with Gasteiger partial charge in [-0.25, -0.2) is 0 Å². The number of nitrogens with zero attached hydrogens (tertiary/aromatic N) is 1. The number of hydrogen-bond acceptors (Lipinski definition) is 4. The standard InChI is InChI=1S/C14H20BrN3O2S/c1-8-5-10(6-16)7-18(8)14(20)9(2)17-13(19)11-3-4-12(15)21-11/h3-4,8-10H,5-7,16H2,1-2H3,(H,17,19). The van der Waals surface area contributed by atoms with Crippen molar-refractivity contribution >= 4 is 39.1 Å². The van der Waals surface area contributed by atoms with E-state index < -0.39 is 6.04 Å². The van der Waals surface area contributed by atoms with Crippen LogP contribution >= 0.6 is 27.3 Å². The lowest BCUT2D eigenvalue weighted by Crippen LogP contribution is -2.48. The summed E-state index contributed by atoms with van der Waals surface area (Å²) in [5, 5.41) is 2.77. The number of nitrogens with two attached hydrogens (primary N) is 1. The molecule has 5 nitrogen and oxygen atoms in total. The molecule has 0 aliphatic carbocycles. The zero-order valence-corrected chi connectivity index (χ0v) is 14.5. The van der Waals surface area contributed by atoms with E-state index in [-0.39, 0.29) is 17.9 Å². The van der Waals surface area contributed by atoms with Gasteiger partial charge in [-0.1, -0.05) is 0 Å². The van der Waals surface area contributed by atoms with Crippen molar-refractivity contribution in [3.8, 4) is 0 Å². The lowest BCUT2D eigenvalue weighted by Gasteiger charge is -2.25. The van der Waals surface area contributed by atoms with E-state index in [1.807, 2.05) is 17.9 Å². The first-order valence-corrected chi connectivity index (χ1v) is 8.60. The van der Waals surface area contributed by atoms with E-state index in [1.165, 1.54) is 11.3 Å². The van der Waals surface area contributed by atoms with Crippen LogP contribution in [0.5, 0.6) is 0 Å². The second-order valence-electron chi connectivity index (χ2n) is 5.48. The van der Waals surface area contributed by atoms with Gasteiger partial charge in [0.05, 0.1) is 8.66 Å². The summed E-state index contributed by atoms with van der Waals surface area (Å²) in [4.78, 5) is 27.0. The molecule has 1 aromatic rings. The third-order valence-corrected chi connectivity index (χ3v) is 5.42. The Hall–Kier alpha value is -0.920. The van der Waals surface area contributed by atoms with Crippen molar-refractivity contribution in [1.29, 1.82) is 0 Å². The van der Waals surface area contributed by atoms with E-state index >= 15 is 0 Å². The number of rotatable bonds is 4. The Labute approximate surface area is 137 Å². The van der Waals surface area contributed by atoms with Crippen LogP contribution in [0.25, 0.3) is 0 Å². The zero-order valence-electron chi connectivity index (χ0n) is 12.1. The SMILES string of the molecule is CC(NC(=O)c1ccc(Br)s1)C(=O)N1CC(CN)CC1C. The molecule has 3 atom stereocenters. The molecular weight excluding hydrogens is 354 g/mol. The molecule has 1 aromatic heterocycles. The van der Waals surface area contributed by atoms with E-state index in [4.69, 9.17) is 5.73 Å². The number of likely N-dealkylation sites (tertiary alicyclic amines) is 1. The molecule has 1 fully saturated rings. The topological polar surface area (TPSA) is 75.4 Å². The Balaban J connectivity index is 1.95. The molecule has 0 bridgehead atoms. The molecule has 0 spiro atoms. The summed E-state index contributed by atoms with van der Waals surface area (Å²) in [5.41, 5.74) is 5.68. The number of hydrogen-bond donors (Lipinski definition) is 2. The third kappa shape index (κ3) is 3.84. The molecular formula is C14H20BrN3O2S. The molecule has 2 rings (SSSR count). The summed E-state index contributed by atoms with van der Waals surface area (Å²) in [7, 11) is 0. The van der Waals surface area contributed by atoms with Crippen LogP contribution in [-0.4, -0.2) is 41.9 Å².